The summed E-state index contributed by atoms with van der Waals surface area (Å²) in [6, 6.07) is 0. The molecule has 3 heterocycles. The van der Waals surface area contributed by atoms with Crippen LogP contribution in [0, 0.1) is 13.8 Å². The molecule has 0 aromatic carbocycles. The Hall–Kier alpha value is -2.34. The van der Waals surface area contributed by atoms with Crippen molar-refractivity contribution < 1.29 is 9.53 Å². The van der Waals surface area contributed by atoms with Crippen LogP contribution in [0.15, 0.2) is 18.7 Å². The summed E-state index contributed by atoms with van der Waals surface area (Å²) in [4.78, 5) is 27.2. The minimum atomic E-state index is -0.0456. The Kier molecular flexibility index (Phi) is 4.34. The maximum atomic E-state index is 12.8. The molecule has 0 spiro atoms. The number of ether oxygens (including phenoxy) is 1. The van der Waals surface area contributed by atoms with Crippen molar-refractivity contribution in [2.24, 2.45) is 0 Å². The van der Waals surface area contributed by atoms with Gasteiger partial charge in [0.15, 0.2) is 0 Å². The van der Waals surface area contributed by atoms with E-state index in [4.69, 9.17) is 4.74 Å². The molecule has 0 radical (unpaired) electrons. The summed E-state index contributed by atoms with van der Waals surface area (Å²) in [7, 11) is 1.68. The Morgan fingerprint density at radius 2 is 2.13 bits per heavy atom. The molecule has 2 aromatic heterocycles. The summed E-state index contributed by atoms with van der Waals surface area (Å²) >= 11 is 0. The number of aromatic nitrogens is 3. The molecular formula is C17H20N4O2. The van der Waals surface area contributed by atoms with Crippen molar-refractivity contribution in [1.82, 2.24) is 19.9 Å². The summed E-state index contributed by atoms with van der Waals surface area (Å²) in [6.45, 7) is 5.56. The van der Waals surface area contributed by atoms with E-state index in [1.54, 1.807) is 7.11 Å². The number of carbonyl (C=O) groups is 1. The van der Waals surface area contributed by atoms with Gasteiger partial charge in [-0.1, -0.05) is 0 Å². The summed E-state index contributed by atoms with van der Waals surface area (Å²) in [5.41, 5.74) is 5.61. The Labute approximate surface area is 135 Å². The van der Waals surface area contributed by atoms with Crippen molar-refractivity contribution in [3.63, 3.8) is 0 Å². The van der Waals surface area contributed by atoms with Crippen LogP contribution in [0.2, 0.25) is 0 Å². The summed E-state index contributed by atoms with van der Waals surface area (Å²) < 4.78 is 5.23. The first-order chi connectivity index (χ1) is 11.1. The molecule has 0 saturated heterocycles. The van der Waals surface area contributed by atoms with E-state index in [-0.39, 0.29) is 5.91 Å². The fourth-order valence-electron chi connectivity index (χ4n) is 2.92. The van der Waals surface area contributed by atoms with Gasteiger partial charge in [-0.25, -0.2) is 9.97 Å². The number of aryl methyl sites for hydroxylation is 1. The molecular weight excluding hydrogens is 292 g/mol. The average Bonchev–Trinajstić information content (AvgIpc) is 2.57. The molecule has 0 saturated carbocycles. The number of hydrogen-bond donors (Lipinski definition) is 0. The van der Waals surface area contributed by atoms with Crippen LogP contribution in [0.3, 0.4) is 0 Å². The van der Waals surface area contributed by atoms with Gasteiger partial charge in [-0.15, -0.1) is 0 Å². The number of carbonyl (C=O) groups excluding carboxylic acids is 1. The Morgan fingerprint density at radius 3 is 2.91 bits per heavy atom. The van der Waals surface area contributed by atoms with Crippen LogP contribution in [0.4, 0.5) is 0 Å². The van der Waals surface area contributed by atoms with Crippen LogP contribution < -0.4 is 0 Å². The quantitative estimate of drug-likeness (QED) is 0.865. The second kappa shape index (κ2) is 6.42. The average molecular weight is 312 g/mol. The summed E-state index contributed by atoms with van der Waals surface area (Å²) in [5, 5.41) is 0. The van der Waals surface area contributed by atoms with E-state index >= 15 is 0 Å². The van der Waals surface area contributed by atoms with Gasteiger partial charge >= 0.3 is 0 Å². The van der Waals surface area contributed by atoms with Crippen LogP contribution >= 0.6 is 0 Å². The third kappa shape index (κ3) is 2.94. The van der Waals surface area contributed by atoms with E-state index in [1.165, 1.54) is 11.9 Å². The Balaban J connectivity index is 1.86. The standard InChI is InChI=1S/C17H20N4O2/c1-11-12(2)19-10-20-16(11)17(22)21-5-4-15-13(8-21)6-18-7-14(15)9-23-3/h6-7,10H,4-5,8-9H2,1-3H3. The minimum Gasteiger partial charge on any atom is -0.380 e. The van der Waals surface area contributed by atoms with Gasteiger partial charge in [-0.3, -0.25) is 9.78 Å². The molecule has 1 aliphatic rings. The molecule has 3 rings (SSSR count). The lowest BCUT2D eigenvalue weighted by Crippen LogP contribution is -2.37. The van der Waals surface area contributed by atoms with E-state index in [0.717, 1.165) is 28.8 Å². The predicted octanol–water partition coefficient (Wildman–Crippen LogP) is 1.83. The highest BCUT2D eigenvalue weighted by molar-refractivity contribution is 5.93. The summed E-state index contributed by atoms with van der Waals surface area (Å²) in [5.74, 6) is -0.0456. The highest BCUT2D eigenvalue weighted by atomic mass is 16.5. The number of pyridine rings is 1. The Morgan fingerprint density at radius 1 is 1.30 bits per heavy atom. The van der Waals surface area contributed by atoms with Gasteiger partial charge in [0.2, 0.25) is 0 Å². The van der Waals surface area contributed by atoms with Gasteiger partial charge in [0.05, 0.1) is 6.61 Å². The van der Waals surface area contributed by atoms with Crippen LogP contribution in [-0.4, -0.2) is 39.4 Å². The highest BCUT2D eigenvalue weighted by Crippen LogP contribution is 2.23. The van der Waals surface area contributed by atoms with E-state index in [1.807, 2.05) is 31.1 Å². The molecule has 120 valence electrons. The van der Waals surface area contributed by atoms with E-state index < -0.39 is 0 Å². The largest absolute Gasteiger partial charge is 0.380 e. The molecule has 23 heavy (non-hydrogen) atoms. The number of rotatable bonds is 3. The first kappa shape index (κ1) is 15.6. The highest BCUT2D eigenvalue weighted by Gasteiger charge is 2.25. The fraction of sp³-hybridized carbons (Fsp3) is 0.412. The smallest absolute Gasteiger partial charge is 0.273 e. The SMILES string of the molecule is COCc1cncc2c1CCN(C(=O)c1ncnc(C)c1C)C2. The first-order valence-corrected chi connectivity index (χ1v) is 7.63. The van der Waals surface area contributed by atoms with Crippen molar-refractivity contribution in [3.05, 3.63) is 52.4 Å². The number of amides is 1. The molecule has 2 aromatic rings. The maximum Gasteiger partial charge on any atom is 0.273 e. The zero-order chi connectivity index (χ0) is 16.4. The van der Waals surface area contributed by atoms with E-state index in [0.29, 0.717) is 25.4 Å². The van der Waals surface area contributed by atoms with E-state index in [2.05, 4.69) is 15.0 Å². The lowest BCUT2D eigenvalue weighted by atomic mass is 9.97. The third-order valence-corrected chi connectivity index (χ3v) is 4.35. The molecule has 1 aliphatic heterocycles. The first-order valence-electron chi connectivity index (χ1n) is 7.63. The van der Waals surface area contributed by atoms with Gasteiger partial charge in [-0.2, -0.15) is 0 Å². The second-order valence-electron chi connectivity index (χ2n) is 5.78. The zero-order valence-corrected chi connectivity index (χ0v) is 13.7. The second-order valence-corrected chi connectivity index (χ2v) is 5.78. The van der Waals surface area contributed by atoms with Gasteiger partial charge < -0.3 is 9.64 Å². The van der Waals surface area contributed by atoms with Gasteiger partial charge in [0, 0.05) is 43.9 Å². The van der Waals surface area contributed by atoms with Crippen LogP contribution in [-0.2, 0) is 24.3 Å². The molecule has 6 nitrogen and oxygen atoms in total. The van der Waals surface area contributed by atoms with Crippen molar-refractivity contribution in [3.8, 4) is 0 Å². The predicted molar refractivity (Wildman–Crippen MR) is 84.9 cm³/mol. The topological polar surface area (TPSA) is 68.2 Å². The van der Waals surface area contributed by atoms with Crippen LogP contribution in [0.1, 0.15) is 38.4 Å². The Bertz CT molecular complexity index is 745. The maximum absolute atomic E-state index is 12.8. The van der Waals surface area contributed by atoms with Crippen LogP contribution in [0.5, 0.6) is 0 Å². The normalized spacial score (nSPS) is 13.8. The number of nitrogens with zero attached hydrogens (tertiary/aromatic N) is 4. The molecule has 1 amide bonds. The number of hydrogen-bond acceptors (Lipinski definition) is 5. The number of fused-ring (bicyclic) bond motifs is 1. The summed E-state index contributed by atoms with van der Waals surface area (Å²) in [6.07, 6.45) is 5.95. The molecule has 0 bridgehead atoms. The molecule has 0 aliphatic carbocycles. The van der Waals surface area contributed by atoms with Crippen molar-refractivity contribution in [2.45, 2.75) is 33.4 Å². The van der Waals surface area contributed by atoms with Gasteiger partial charge in [0.25, 0.3) is 5.91 Å². The van der Waals surface area contributed by atoms with Crippen molar-refractivity contribution in [1.29, 1.82) is 0 Å². The van der Waals surface area contributed by atoms with Crippen LogP contribution in [0.25, 0.3) is 0 Å². The van der Waals surface area contributed by atoms with E-state index in [9.17, 15) is 4.79 Å². The third-order valence-electron chi connectivity index (χ3n) is 4.35. The molecule has 0 N–H and O–H groups in total. The molecule has 0 unspecified atom stereocenters. The molecule has 0 fully saturated rings. The minimum absolute atomic E-state index is 0.0456. The van der Waals surface area contributed by atoms with Gasteiger partial charge in [-0.05, 0) is 37.0 Å². The fourth-order valence-corrected chi connectivity index (χ4v) is 2.92. The molecule has 0 atom stereocenters. The monoisotopic (exact) mass is 312 g/mol. The number of methoxy groups -OCH3 is 1. The lowest BCUT2D eigenvalue weighted by Gasteiger charge is -2.30. The van der Waals surface area contributed by atoms with Crippen molar-refractivity contribution in [2.75, 3.05) is 13.7 Å². The lowest BCUT2D eigenvalue weighted by molar-refractivity contribution is 0.0726. The van der Waals surface area contributed by atoms with Crippen molar-refractivity contribution >= 4 is 5.91 Å². The zero-order valence-electron chi connectivity index (χ0n) is 13.7. The molecule has 6 heteroatoms. The van der Waals surface area contributed by atoms with Gasteiger partial charge in [0.1, 0.15) is 12.0 Å².